The average Bonchev–Trinajstić information content (AvgIpc) is 3.31. The Hall–Kier alpha value is -3.31. The molecule has 0 radical (unpaired) electrons. The normalized spacial score (nSPS) is 21.6. The van der Waals surface area contributed by atoms with Gasteiger partial charge in [0.05, 0.1) is 16.5 Å². The van der Waals surface area contributed by atoms with Gasteiger partial charge in [0.1, 0.15) is 5.75 Å². The number of piperidine rings is 1. The monoisotopic (exact) mass is 501 g/mol. The fraction of sp³-hybridized carbons (Fsp3) is 0.417. The molecule has 11 heteroatoms. The minimum atomic E-state index is -3.87. The molecule has 186 valence electrons. The third kappa shape index (κ3) is 4.53. The van der Waals surface area contributed by atoms with Gasteiger partial charge in [-0.1, -0.05) is 6.07 Å². The van der Waals surface area contributed by atoms with Crippen LogP contribution in [0.2, 0.25) is 0 Å². The van der Waals surface area contributed by atoms with E-state index in [0.717, 1.165) is 5.56 Å². The smallest absolute Gasteiger partial charge is 0.265 e. The lowest BCUT2D eigenvalue weighted by Gasteiger charge is -2.32. The zero-order chi connectivity index (χ0) is 24.7. The molecule has 2 unspecified atom stereocenters. The second-order valence-corrected chi connectivity index (χ2v) is 10.9. The van der Waals surface area contributed by atoms with Crippen molar-refractivity contribution in [3.8, 4) is 17.2 Å². The van der Waals surface area contributed by atoms with Crippen molar-refractivity contribution in [3.63, 3.8) is 0 Å². The van der Waals surface area contributed by atoms with E-state index in [4.69, 9.17) is 14.2 Å². The van der Waals surface area contributed by atoms with Crippen molar-refractivity contribution in [2.45, 2.75) is 44.2 Å². The summed E-state index contributed by atoms with van der Waals surface area (Å²) in [6.45, 7) is 4.20. The summed E-state index contributed by atoms with van der Waals surface area (Å²) in [6, 6.07) is 8.54. The topological polar surface area (TPSA) is 123 Å². The molecule has 2 atom stereocenters. The van der Waals surface area contributed by atoms with Gasteiger partial charge >= 0.3 is 0 Å². The van der Waals surface area contributed by atoms with E-state index >= 15 is 0 Å². The summed E-state index contributed by atoms with van der Waals surface area (Å²) < 4.78 is 44.7. The van der Waals surface area contributed by atoms with Gasteiger partial charge in [0.2, 0.25) is 22.7 Å². The fourth-order valence-corrected chi connectivity index (χ4v) is 6.26. The highest BCUT2D eigenvalue weighted by atomic mass is 32.2. The molecule has 35 heavy (non-hydrogen) atoms. The van der Waals surface area contributed by atoms with Crippen molar-refractivity contribution in [1.29, 1.82) is 0 Å². The highest BCUT2D eigenvalue weighted by Gasteiger charge is 2.35. The molecular formula is C24H27N3O7S. The maximum absolute atomic E-state index is 13.5. The Morgan fingerprint density at radius 1 is 1.17 bits per heavy atom. The number of sulfonamides is 1. The minimum Gasteiger partial charge on any atom is -0.479 e. The molecule has 2 amide bonds. The van der Waals surface area contributed by atoms with E-state index in [1.165, 1.54) is 10.4 Å². The van der Waals surface area contributed by atoms with E-state index in [1.807, 2.05) is 12.1 Å². The van der Waals surface area contributed by atoms with Crippen LogP contribution in [0.4, 0.5) is 5.69 Å². The van der Waals surface area contributed by atoms with Crippen LogP contribution >= 0.6 is 0 Å². The van der Waals surface area contributed by atoms with Crippen molar-refractivity contribution in [2.24, 2.45) is 5.92 Å². The van der Waals surface area contributed by atoms with E-state index < -0.39 is 22.0 Å². The quantitative estimate of drug-likeness (QED) is 0.644. The number of hydrogen-bond donors (Lipinski definition) is 2. The van der Waals surface area contributed by atoms with Gasteiger partial charge in [-0.05, 0) is 56.0 Å². The van der Waals surface area contributed by atoms with Gasteiger partial charge in [-0.25, -0.2) is 8.42 Å². The van der Waals surface area contributed by atoms with Gasteiger partial charge in [0, 0.05) is 25.7 Å². The van der Waals surface area contributed by atoms with Crippen LogP contribution in [0.1, 0.15) is 30.9 Å². The Morgan fingerprint density at radius 2 is 1.97 bits per heavy atom. The number of rotatable bonds is 5. The molecule has 0 spiro atoms. The number of carbonyl (C=O) groups excluding carboxylic acids is 2. The Kier molecular flexibility index (Phi) is 6.06. The number of aryl methyl sites for hydroxylation is 1. The summed E-state index contributed by atoms with van der Waals surface area (Å²) in [6.07, 6.45) is 0.470. The summed E-state index contributed by atoms with van der Waals surface area (Å²) in [7, 11) is -3.87. The predicted octanol–water partition coefficient (Wildman–Crippen LogP) is 2.16. The van der Waals surface area contributed by atoms with Crippen LogP contribution in [0.5, 0.6) is 17.2 Å². The van der Waals surface area contributed by atoms with Crippen molar-refractivity contribution in [2.75, 3.05) is 25.2 Å². The first-order valence-corrected chi connectivity index (χ1v) is 12.9. The SMILES string of the molecule is Cc1cc2c(cc1S(=O)(=O)N1CCCC(C(=O)NCc3ccc4c(c3)OCO4)C1)OC(C)C(=O)N2. The number of nitrogens with zero attached hydrogens (tertiary/aromatic N) is 1. The molecule has 0 bridgehead atoms. The van der Waals surface area contributed by atoms with E-state index in [0.29, 0.717) is 54.4 Å². The molecule has 5 rings (SSSR count). The molecule has 3 aliphatic heterocycles. The van der Waals surface area contributed by atoms with Crippen LogP contribution in [-0.4, -0.2) is 50.5 Å². The Bertz CT molecular complexity index is 1290. The average molecular weight is 502 g/mol. The van der Waals surface area contributed by atoms with Crippen LogP contribution in [0.3, 0.4) is 0 Å². The Labute approximate surface area is 203 Å². The third-order valence-electron chi connectivity index (χ3n) is 6.48. The molecule has 2 N–H and O–H groups in total. The van der Waals surface area contributed by atoms with Crippen molar-refractivity contribution in [1.82, 2.24) is 9.62 Å². The lowest BCUT2D eigenvalue weighted by atomic mass is 9.98. The van der Waals surface area contributed by atoms with Gasteiger partial charge in [-0.15, -0.1) is 0 Å². The minimum absolute atomic E-state index is 0.0970. The number of anilines is 1. The first-order chi connectivity index (χ1) is 16.7. The maximum Gasteiger partial charge on any atom is 0.265 e. The fourth-order valence-electron chi connectivity index (χ4n) is 4.52. The molecule has 2 aromatic rings. The number of benzene rings is 2. The van der Waals surface area contributed by atoms with Crippen molar-refractivity contribution < 1.29 is 32.2 Å². The number of hydrogen-bond acceptors (Lipinski definition) is 7. The van der Waals surface area contributed by atoms with Crippen LogP contribution < -0.4 is 24.8 Å². The second kappa shape index (κ2) is 9.04. The predicted molar refractivity (Wildman–Crippen MR) is 126 cm³/mol. The Balaban J connectivity index is 1.28. The zero-order valence-corrected chi connectivity index (χ0v) is 20.3. The Morgan fingerprint density at radius 3 is 2.80 bits per heavy atom. The summed E-state index contributed by atoms with van der Waals surface area (Å²) in [5.41, 5.74) is 1.81. The number of carbonyl (C=O) groups is 2. The van der Waals surface area contributed by atoms with Gasteiger partial charge in [0.15, 0.2) is 17.6 Å². The van der Waals surface area contributed by atoms with Gasteiger partial charge < -0.3 is 24.8 Å². The summed E-state index contributed by atoms with van der Waals surface area (Å²) in [5.74, 6) is 0.707. The maximum atomic E-state index is 13.5. The highest BCUT2D eigenvalue weighted by molar-refractivity contribution is 7.89. The molecule has 1 saturated heterocycles. The standard InChI is InChI=1S/C24H27N3O7S/c1-14-8-18-20(34-15(2)23(28)26-18)10-22(14)35(30,31)27-7-3-4-17(12-27)24(29)25-11-16-5-6-19-21(9-16)33-13-32-19/h5-6,8-10,15,17H,3-4,7,11-13H2,1-2H3,(H,25,29)(H,26,28). The zero-order valence-electron chi connectivity index (χ0n) is 19.5. The number of fused-ring (bicyclic) bond motifs is 2. The third-order valence-corrected chi connectivity index (χ3v) is 8.49. The lowest BCUT2D eigenvalue weighted by molar-refractivity contribution is -0.126. The molecule has 10 nitrogen and oxygen atoms in total. The largest absolute Gasteiger partial charge is 0.479 e. The molecule has 3 heterocycles. The number of amides is 2. The first kappa shape index (κ1) is 23.4. The highest BCUT2D eigenvalue weighted by Crippen LogP contribution is 2.36. The summed E-state index contributed by atoms with van der Waals surface area (Å²) >= 11 is 0. The van der Waals surface area contributed by atoms with Gasteiger partial charge in [-0.2, -0.15) is 4.31 Å². The molecule has 2 aromatic carbocycles. The molecule has 1 fully saturated rings. The van der Waals surface area contributed by atoms with E-state index in [9.17, 15) is 18.0 Å². The molecule has 3 aliphatic rings. The van der Waals surface area contributed by atoms with Gasteiger partial charge in [-0.3, -0.25) is 9.59 Å². The molecule has 0 aromatic heterocycles. The van der Waals surface area contributed by atoms with E-state index in [2.05, 4.69) is 10.6 Å². The van der Waals surface area contributed by atoms with Crippen LogP contribution in [-0.2, 0) is 26.2 Å². The van der Waals surface area contributed by atoms with Crippen molar-refractivity contribution >= 4 is 27.5 Å². The molecule has 0 saturated carbocycles. The molecule has 0 aliphatic carbocycles. The van der Waals surface area contributed by atoms with Gasteiger partial charge in [0.25, 0.3) is 5.91 Å². The second-order valence-electron chi connectivity index (χ2n) is 8.97. The summed E-state index contributed by atoms with van der Waals surface area (Å²) in [5, 5.41) is 5.65. The van der Waals surface area contributed by atoms with E-state index in [-0.39, 0.29) is 30.0 Å². The summed E-state index contributed by atoms with van der Waals surface area (Å²) in [4.78, 5) is 24.9. The first-order valence-electron chi connectivity index (χ1n) is 11.5. The molecular weight excluding hydrogens is 474 g/mol. The number of ether oxygens (including phenoxy) is 3. The lowest BCUT2D eigenvalue weighted by Crippen LogP contribution is -2.45. The van der Waals surface area contributed by atoms with Crippen LogP contribution in [0, 0.1) is 12.8 Å². The van der Waals surface area contributed by atoms with E-state index in [1.54, 1.807) is 26.0 Å². The van der Waals surface area contributed by atoms with Crippen molar-refractivity contribution in [3.05, 3.63) is 41.5 Å². The number of nitrogens with one attached hydrogen (secondary N) is 2. The van der Waals surface area contributed by atoms with Crippen LogP contribution in [0.25, 0.3) is 0 Å². The van der Waals surface area contributed by atoms with Crippen LogP contribution in [0.15, 0.2) is 35.2 Å².